The average Bonchev–Trinajstić information content (AvgIpc) is 2.17. The molecule has 0 saturated carbocycles. The minimum atomic E-state index is -2.61. The van der Waals surface area contributed by atoms with Crippen LogP contribution >= 0.6 is 22.6 Å². The van der Waals surface area contributed by atoms with Gasteiger partial charge in [-0.05, 0) is 34.2 Å². The van der Waals surface area contributed by atoms with Crippen LogP contribution in [-0.2, 0) is 6.54 Å². The Hall–Kier alpha value is -0.500. The monoisotopic (exact) mass is 314 g/mol. The highest BCUT2D eigenvalue weighted by Crippen LogP contribution is 2.27. The number of nitrogens with two attached hydrogens (primary N) is 1. The fraction of sp³-hybridized carbons (Fsp3) is 0.375. The molecule has 0 spiro atoms. The maximum atomic E-state index is 12.4. The van der Waals surface area contributed by atoms with Gasteiger partial charge in [-0.25, -0.2) is 13.8 Å². The van der Waals surface area contributed by atoms with Crippen LogP contribution in [0.1, 0.15) is 17.7 Å². The van der Waals surface area contributed by atoms with Crippen molar-refractivity contribution in [2.24, 2.45) is 5.73 Å². The summed E-state index contributed by atoms with van der Waals surface area (Å²) in [5.41, 5.74) is 5.73. The standard InChI is InChI=1S/C8H9F2IN2O/c1-14-8-6(11)4(3-12)2-5(13-8)7(9)10/h2,7H,3,12H2,1H3. The molecule has 1 aromatic rings. The fourth-order valence-electron chi connectivity index (χ4n) is 0.973. The molecule has 3 nitrogen and oxygen atoms in total. The summed E-state index contributed by atoms with van der Waals surface area (Å²) >= 11 is 1.97. The van der Waals surface area contributed by atoms with Crippen LogP contribution in [0.15, 0.2) is 6.07 Å². The summed E-state index contributed by atoms with van der Waals surface area (Å²) in [5, 5.41) is 0. The van der Waals surface area contributed by atoms with Gasteiger partial charge in [0.05, 0.1) is 10.7 Å². The third kappa shape index (κ3) is 2.30. The number of methoxy groups -OCH3 is 1. The zero-order chi connectivity index (χ0) is 10.7. The van der Waals surface area contributed by atoms with Gasteiger partial charge in [-0.3, -0.25) is 0 Å². The first-order valence-electron chi connectivity index (χ1n) is 3.81. The number of pyridine rings is 1. The van der Waals surface area contributed by atoms with E-state index in [-0.39, 0.29) is 18.1 Å². The van der Waals surface area contributed by atoms with Crippen LogP contribution in [0.4, 0.5) is 8.78 Å². The molecule has 2 N–H and O–H groups in total. The molecule has 0 aliphatic carbocycles. The first-order valence-corrected chi connectivity index (χ1v) is 4.89. The lowest BCUT2D eigenvalue weighted by molar-refractivity contribution is 0.144. The maximum Gasteiger partial charge on any atom is 0.280 e. The summed E-state index contributed by atoms with van der Waals surface area (Å²) in [7, 11) is 1.39. The average molecular weight is 314 g/mol. The van der Waals surface area contributed by atoms with Crippen LogP contribution in [0, 0.1) is 3.57 Å². The SMILES string of the molecule is COc1nc(C(F)F)cc(CN)c1I. The number of rotatable bonds is 3. The molecule has 0 saturated heterocycles. The highest BCUT2D eigenvalue weighted by Gasteiger charge is 2.15. The van der Waals surface area contributed by atoms with Gasteiger partial charge in [-0.1, -0.05) is 0 Å². The van der Waals surface area contributed by atoms with Crippen LogP contribution in [0.2, 0.25) is 0 Å². The zero-order valence-corrected chi connectivity index (χ0v) is 9.59. The number of nitrogens with zero attached hydrogens (tertiary/aromatic N) is 1. The Labute approximate surface area is 93.8 Å². The number of alkyl halides is 2. The van der Waals surface area contributed by atoms with E-state index in [1.54, 1.807) is 0 Å². The molecule has 1 heterocycles. The molecule has 0 aliphatic rings. The second kappa shape index (κ2) is 4.83. The Morgan fingerprint density at radius 1 is 1.64 bits per heavy atom. The van der Waals surface area contributed by atoms with Crippen molar-refractivity contribution in [2.75, 3.05) is 7.11 Å². The van der Waals surface area contributed by atoms with Crippen LogP contribution < -0.4 is 10.5 Å². The molecule has 0 amide bonds. The predicted octanol–water partition coefficient (Wildman–Crippen LogP) is 2.09. The Kier molecular flexibility index (Phi) is 3.99. The zero-order valence-electron chi connectivity index (χ0n) is 7.43. The van der Waals surface area contributed by atoms with Gasteiger partial charge in [-0.2, -0.15) is 0 Å². The lowest BCUT2D eigenvalue weighted by Gasteiger charge is -2.09. The van der Waals surface area contributed by atoms with Crippen LogP contribution in [0.3, 0.4) is 0 Å². The van der Waals surface area contributed by atoms with Gasteiger partial charge in [0, 0.05) is 6.54 Å². The lowest BCUT2D eigenvalue weighted by Crippen LogP contribution is -2.05. The van der Waals surface area contributed by atoms with Gasteiger partial charge >= 0.3 is 0 Å². The van der Waals surface area contributed by atoms with Crippen molar-refractivity contribution in [3.63, 3.8) is 0 Å². The van der Waals surface area contributed by atoms with Crippen molar-refractivity contribution < 1.29 is 13.5 Å². The quantitative estimate of drug-likeness (QED) is 0.869. The minimum absolute atomic E-state index is 0.191. The van der Waals surface area contributed by atoms with E-state index >= 15 is 0 Å². The van der Waals surface area contributed by atoms with Gasteiger partial charge in [0.2, 0.25) is 5.88 Å². The van der Waals surface area contributed by atoms with E-state index in [9.17, 15) is 8.78 Å². The Morgan fingerprint density at radius 3 is 2.71 bits per heavy atom. The van der Waals surface area contributed by atoms with E-state index in [1.165, 1.54) is 13.2 Å². The summed E-state index contributed by atoms with van der Waals surface area (Å²) in [6.07, 6.45) is -2.61. The molecule has 0 unspecified atom stereocenters. The van der Waals surface area contributed by atoms with Crippen molar-refractivity contribution in [3.05, 3.63) is 20.9 Å². The summed E-state index contributed by atoms with van der Waals surface area (Å²) in [4.78, 5) is 3.66. The molecule has 0 aromatic carbocycles. The largest absolute Gasteiger partial charge is 0.480 e. The van der Waals surface area contributed by atoms with E-state index in [4.69, 9.17) is 10.5 Å². The molecule has 1 aromatic heterocycles. The third-order valence-corrected chi connectivity index (χ3v) is 2.81. The first kappa shape index (κ1) is 11.6. The van der Waals surface area contributed by atoms with E-state index < -0.39 is 6.43 Å². The summed E-state index contributed by atoms with van der Waals surface area (Å²) < 4.78 is 30.3. The first-order chi connectivity index (χ1) is 6.60. The van der Waals surface area contributed by atoms with Crippen molar-refractivity contribution in [2.45, 2.75) is 13.0 Å². The van der Waals surface area contributed by atoms with Crippen LogP contribution in [0.25, 0.3) is 0 Å². The van der Waals surface area contributed by atoms with Crippen molar-refractivity contribution >= 4 is 22.6 Å². The van der Waals surface area contributed by atoms with Crippen LogP contribution in [-0.4, -0.2) is 12.1 Å². The second-order valence-electron chi connectivity index (χ2n) is 2.53. The number of halogens is 3. The molecule has 0 radical (unpaired) electrons. The van der Waals surface area contributed by atoms with Gasteiger partial charge in [-0.15, -0.1) is 0 Å². The highest BCUT2D eigenvalue weighted by molar-refractivity contribution is 14.1. The van der Waals surface area contributed by atoms with Crippen LogP contribution in [0.5, 0.6) is 5.88 Å². The summed E-state index contributed by atoms with van der Waals surface area (Å²) in [5.74, 6) is 0.198. The maximum absolute atomic E-state index is 12.4. The molecule has 6 heteroatoms. The molecule has 78 valence electrons. The van der Waals surface area contributed by atoms with Gasteiger partial charge in [0.25, 0.3) is 6.43 Å². The molecule has 1 rings (SSSR count). The molecule has 14 heavy (non-hydrogen) atoms. The smallest absolute Gasteiger partial charge is 0.280 e. The number of hydrogen-bond donors (Lipinski definition) is 1. The summed E-state index contributed by atoms with van der Waals surface area (Å²) in [6.45, 7) is 0.191. The van der Waals surface area contributed by atoms with Crippen molar-refractivity contribution in [1.29, 1.82) is 0 Å². The fourth-order valence-corrected chi connectivity index (χ4v) is 1.69. The molecule has 0 aliphatic heterocycles. The van der Waals surface area contributed by atoms with E-state index in [2.05, 4.69) is 4.98 Å². The Bertz CT molecular complexity index is 308. The molecule has 0 bridgehead atoms. The Morgan fingerprint density at radius 2 is 2.29 bits per heavy atom. The number of aromatic nitrogens is 1. The van der Waals surface area contributed by atoms with Gasteiger partial charge in [0.1, 0.15) is 5.69 Å². The van der Waals surface area contributed by atoms with E-state index in [0.29, 0.717) is 9.13 Å². The highest BCUT2D eigenvalue weighted by atomic mass is 127. The minimum Gasteiger partial charge on any atom is -0.480 e. The second-order valence-corrected chi connectivity index (χ2v) is 3.61. The topological polar surface area (TPSA) is 48.1 Å². The molecule has 0 atom stereocenters. The van der Waals surface area contributed by atoms with Crippen molar-refractivity contribution in [3.8, 4) is 5.88 Å². The molecule has 0 fully saturated rings. The van der Waals surface area contributed by atoms with Gasteiger partial charge < -0.3 is 10.5 Å². The predicted molar refractivity (Wildman–Crippen MR) is 56.4 cm³/mol. The van der Waals surface area contributed by atoms with Crippen molar-refractivity contribution in [1.82, 2.24) is 4.98 Å². The number of ether oxygens (including phenoxy) is 1. The Balaban J connectivity index is 3.25. The normalized spacial score (nSPS) is 10.7. The summed E-state index contributed by atoms with van der Waals surface area (Å²) in [6, 6.07) is 1.30. The third-order valence-electron chi connectivity index (χ3n) is 1.66. The number of hydrogen-bond acceptors (Lipinski definition) is 3. The lowest BCUT2D eigenvalue weighted by atomic mass is 10.2. The van der Waals surface area contributed by atoms with E-state index in [1.807, 2.05) is 22.6 Å². The van der Waals surface area contributed by atoms with Gasteiger partial charge in [0.15, 0.2) is 0 Å². The van der Waals surface area contributed by atoms with E-state index in [0.717, 1.165) is 0 Å². The molecular weight excluding hydrogens is 305 g/mol. The molecular formula is C8H9F2IN2O.